The van der Waals surface area contributed by atoms with Gasteiger partial charge in [-0.05, 0) is 18.2 Å². The van der Waals surface area contributed by atoms with E-state index in [9.17, 15) is 13.2 Å². The van der Waals surface area contributed by atoms with Gasteiger partial charge in [0.1, 0.15) is 0 Å². The smallest absolute Gasteiger partial charge is 0.278 e. The summed E-state index contributed by atoms with van der Waals surface area (Å²) in [5.74, 6) is -0.225. The number of hydrogen-bond acceptors (Lipinski definition) is 3. The number of halogens is 2. The monoisotopic (exact) mass is 353 g/mol. The molecule has 0 saturated carbocycles. The quantitative estimate of drug-likeness (QED) is 0.846. The van der Waals surface area contributed by atoms with Crippen molar-refractivity contribution in [2.24, 2.45) is 0 Å². The fourth-order valence-electron chi connectivity index (χ4n) is 1.54. The fraction of sp³-hybridized carbons (Fsp3) is 0.417. The van der Waals surface area contributed by atoms with Crippen LogP contribution >= 0.6 is 23.2 Å². The van der Waals surface area contributed by atoms with E-state index in [4.69, 9.17) is 23.2 Å². The minimum Gasteiger partial charge on any atom is -0.311 e. The summed E-state index contributed by atoms with van der Waals surface area (Å²) in [6.07, 6.45) is 0. The van der Waals surface area contributed by atoms with E-state index < -0.39 is 10.2 Å². The lowest BCUT2D eigenvalue weighted by Gasteiger charge is -2.22. The molecule has 1 amide bonds. The molecule has 21 heavy (non-hydrogen) atoms. The van der Waals surface area contributed by atoms with Crippen molar-refractivity contribution in [3.8, 4) is 0 Å². The van der Waals surface area contributed by atoms with Crippen LogP contribution in [0.1, 0.15) is 6.92 Å². The number of rotatable bonds is 6. The van der Waals surface area contributed by atoms with E-state index >= 15 is 0 Å². The van der Waals surface area contributed by atoms with Gasteiger partial charge < -0.3 is 4.90 Å². The molecule has 0 saturated heterocycles. The van der Waals surface area contributed by atoms with Crippen LogP contribution in [0.4, 0.5) is 5.69 Å². The third-order valence-electron chi connectivity index (χ3n) is 2.70. The van der Waals surface area contributed by atoms with Crippen molar-refractivity contribution in [2.45, 2.75) is 6.92 Å². The van der Waals surface area contributed by atoms with E-state index in [2.05, 4.69) is 4.72 Å². The Bertz CT molecular complexity index is 620. The van der Waals surface area contributed by atoms with Gasteiger partial charge in [0.25, 0.3) is 10.2 Å². The van der Waals surface area contributed by atoms with Crippen LogP contribution < -0.4 is 9.62 Å². The molecule has 0 radical (unpaired) electrons. The van der Waals surface area contributed by atoms with Crippen LogP contribution in [-0.4, -0.2) is 45.8 Å². The highest BCUT2D eigenvalue weighted by Gasteiger charge is 2.16. The predicted octanol–water partition coefficient (Wildman–Crippen LogP) is 1.74. The van der Waals surface area contributed by atoms with Gasteiger partial charge in [0, 0.05) is 39.8 Å². The molecule has 0 heterocycles. The zero-order chi connectivity index (χ0) is 16.2. The highest BCUT2D eigenvalue weighted by Crippen LogP contribution is 2.27. The van der Waals surface area contributed by atoms with Gasteiger partial charge >= 0.3 is 0 Å². The molecule has 1 N–H and O–H groups in total. The summed E-state index contributed by atoms with van der Waals surface area (Å²) in [4.78, 5) is 13.1. The van der Waals surface area contributed by atoms with E-state index in [0.29, 0.717) is 15.7 Å². The van der Waals surface area contributed by atoms with Gasteiger partial charge in [0.2, 0.25) is 5.91 Å². The number of amides is 1. The van der Waals surface area contributed by atoms with Crippen molar-refractivity contribution in [3.05, 3.63) is 28.2 Å². The van der Waals surface area contributed by atoms with E-state index in [1.54, 1.807) is 18.2 Å². The molecule has 0 spiro atoms. The van der Waals surface area contributed by atoms with Crippen LogP contribution in [0.15, 0.2) is 18.2 Å². The van der Waals surface area contributed by atoms with Crippen LogP contribution in [0, 0.1) is 0 Å². The van der Waals surface area contributed by atoms with Crippen molar-refractivity contribution in [1.82, 2.24) is 9.03 Å². The Morgan fingerprint density at radius 3 is 2.33 bits per heavy atom. The first-order valence-electron chi connectivity index (χ1n) is 6.05. The number of carbonyl (C=O) groups excluding carboxylic acids is 1. The Morgan fingerprint density at radius 1 is 1.24 bits per heavy atom. The van der Waals surface area contributed by atoms with Crippen molar-refractivity contribution in [3.63, 3.8) is 0 Å². The molecule has 0 aliphatic carbocycles. The van der Waals surface area contributed by atoms with Crippen LogP contribution in [0.25, 0.3) is 0 Å². The first-order valence-corrected chi connectivity index (χ1v) is 8.25. The van der Waals surface area contributed by atoms with Crippen molar-refractivity contribution >= 4 is 45.0 Å². The van der Waals surface area contributed by atoms with E-state index in [1.165, 1.54) is 25.9 Å². The fourth-order valence-corrected chi connectivity index (χ4v) is 2.44. The minimum atomic E-state index is -3.52. The predicted molar refractivity (Wildman–Crippen MR) is 85.1 cm³/mol. The third-order valence-corrected chi connectivity index (χ3v) is 4.96. The lowest BCUT2D eigenvalue weighted by atomic mass is 10.3. The number of anilines is 1. The second-order valence-electron chi connectivity index (χ2n) is 4.45. The normalized spacial score (nSPS) is 11.7. The number of benzene rings is 1. The summed E-state index contributed by atoms with van der Waals surface area (Å²) in [5, 5.41) is 0.714. The van der Waals surface area contributed by atoms with Gasteiger partial charge in [-0.1, -0.05) is 23.2 Å². The Labute approximate surface area is 134 Å². The largest absolute Gasteiger partial charge is 0.311 e. The summed E-state index contributed by atoms with van der Waals surface area (Å²) in [7, 11) is -0.677. The van der Waals surface area contributed by atoms with Gasteiger partial charge in [-0.15, -0.1) is 0 Å². The van der Waals surface area contributed by atoms with Gasteiger partial charge in [0.15, 0.2) is 0 Å². The highest BCUT2D eigenvalue weighted by atomic mass is 35.5. The molecule has 9 heteroatoms. The average Bonchev–Trinajstić information content (AvgIpc) is 2.37. The van der Waals surface area contributed by atoms with Crippen LogP contribution in [0.2, 0.25) is 10.0 Å². The van der Waals surface area contributed by atoms with Crippen molar-refractivity contribution in [2.75, 3.05) is 32.1 Å². The van der Waals surface area contributed by atoms with Gasteiger partial charge in [-0.25, -0.2) is 4.72 Å². The SMILES string of the molecule is CC(=O)N(CCNS(=O)(=O)N(C)C)c1ccc(Cl)c(Cl)c1. The molecule has 118 valence electrons. The van der Waals surface area contributed by atoms with Crippen LogP contribution in [0.3, 0.4) is 0 Å². The Balaban J connectivity index is 2.80. The highest BCUT2D eigenvalue weighted by molar-refractivity contribution is 7.87. The maximum atomic E-state index is 11.7. The molecule has 1 aromatic carbocycles. The summed E-state index contributed by atoms with van der Waals surface area (Å²) < 4.78 is 26.6. The average molecular weight is 354 g/mol. The third kappa shape index (κ3) is 5.12. The summed E-state index contributed by atoms with van der Waals surface area (Å²) in [6, 6.07) is 4.79. The summed E-state index contributed by atoms with van der Waals surface area (Å²) in [6.45, 7) is 1.66. The maximum Gasteiger partial charge on any atom is 0.278 e. The molecule has 6 nitrogen and oxygen atoms in total. The lowest BCUT2D eigenvalue weighted by molar-refractivity contribution is -0.116. The summed E-state index contributed by atoms with van der Waals surface area (Å²) in [5.41, 5.74) is 0.556. The molecule has 0 aromatic heterocycles. The molecule has 0 unspecified atom stereocenters. The van der Waals surface area contributed by atoms with Crippen LogP contribution in [-0.2, 0) is 15.0 Å². The minimum absolute atomic E-state index is 0.0837. The van der Waals surface area contributed by atoms with Gasteiger partial charge in [-0.2, -0.15) is 12.7 Å². The lowest BCUT2D eigenvalue weighted by Crippen LogP contribution is -2.41. The second kappa shape index (κ2) is 7.42. The molecule has 0 atom stereocenters. The zero-order valence-corrected chi connectivity index (χ0v) is 14.3. The molecule has 1 rings (SSSR count). The molecular weight excluding hydrogens is 337 g/mol. The Morgan fingerprint density at radius 2 is 1.86 bits per heavy atom. The maximum absolute atomic E-state index is 11.7. The first-order chi connectivity index (χ1) is 9.65. The molecule has 0 fully saturated rings. The standard InChI is InChI=1S/C12H17Cl2N3O3S/c1-9(18)17(7-6-15-21(19,20)16(2)3)10-4-5-11(13)12(14)8-10/h4-5,8,15H,6-7H2,1-3H3. The van der Waals surface area contributed by atoms with Gasteiger partial charge in [-0.3, -0.25) is 4.79 Å². The van der Waals surface area contributed by atoms with E-state index in [-0.39, 0.29) is 19.0 Å². The number of nitrogens with zero attached hydrogens (tertiary/aromatic N) is 2. The number of hydrogen-bond donors (Lipinski definition) is 1. The topological polar surface area (TPSA) is 69.7 Å². The van der Waals surface area contributed by atoms with E-state index in [1.807, 2.05) is 0 Å². The van der Waals surface area contributed by atoms with E-state index in [0.717, 1.165) is 4.31 Å². The molecule has 0 aliphatic rings. The van der Waals surface area contributed by atoms with Crippen molar-refractivity contribution < 1.29 is 13.2 Å². The molecule has 1 aromatic rings. The Kier molecular flexibility index (Phi) is 6.42. The molecule has 0 aliphatic heterocycles. The molecular formula is C12H17Cl2N3O3S. The Hall–Kier alpha value is -0.860. The second-order valence-corrected chi connectivity index (χ2v) is 7.23. The summed E-state index contributed by atoms with van der Waals surface area (Å²) >= 11 is 11.8. The van der Waals surface area contributed by atoms with Crippen LogP contribution in [0.5, 0.6) is 0 Å². The number of carbonyl (C=O) groups is 1. The zero-order valence-electron chi connectivity index (χ0n) is 11.9. The number of nitrogens with one attached hydrogen (secondary N) is 1. The molecule has 0 bridgehead atoms. The van der Waals surface area contributed by atoms with Crippen molar-refractivity contribution in [1.29, 1.82) is 0 Å². The first kappa shape index (κ1) is 18.2. The van der Waals surface area contributed by atoms with Gasteiger partial charge in [0.05, 0.1) is 10.0 Å².